The summed E-state index contributed by atoms with van der Waals surface area (Å²) in [5.74, 6) is -1.45. The van der Waals surface area contributed by atoms with E-state index in [4.69, 9.17) is 4.74 Å². The molecule has 0 saturated heterocycles. The zero-order valence-corrected chi connectivity index (χ0v) is 22.5. The number of esters is 1. The van der Waals surface area contributed by atoms with Crippen LogP contribution in [0, 0.1) is 20.8 Å². The van der Waals surface area contributed by atoms with E-state index < -0.39 is 11.9 Å². The fourth-order valence-electron chi connectivity index (χ4n) is 4.20. The summed E-state index contributed by atoms with van der Waals surface area (Å²) in [5, 5.41) is 11.2. The molecule has 1 aliphatic rings. The first-order chi connectivity index (χ1) is 17.7. The van der Waals surface area contributed by atoms with Gasteiger partial charge in [-0.1, -0.05) is 48.5 Å². The summed E-state index contributed by atoms with van der Waals surface area (Å²) in [6.07, 6.45) is 2.79. The van der Waals surface area contributed by atoms with Gasteiger partial charge in [-0.25, -0.2) is 9.79 Å². The lowest BCUT2D eigenvalue weighted by Crippen LogP contribution is -2.14. The number of carbonyl (C=O) groups is 2. The van der Waals surface area contributed by atoms with E-state index in [-0.39, 0.29) is 23.0 Å². The summed E-state index contributed by atoms with van der Waals surface area (Å²) in [6.45, 7) is 9.91. The van der Waals surface area contributed by atoms with Crippen LogP contribution in [0.15, 0.2) is 75.8 Å². The van der Waals surface area contributed by atoms with E-state index in [1.807, 2.05) is 45.0 Å². The molecule has 0 radical (unpaired) electrons. The minimum absolute atomic E-state index is 0.0949. The van der Waals surface area contributed by atoms with Gasteiger partial charge < -0.3 is 14.4 Å². The van der Waals surface area contributed by atoms with Crippen LogP contribution in [0.25, 0.3) is 11.8 Å². The quantitative estimate of drug-likeness (QED) is 0.372. The van der Waals surface area contributed by atoms with Gasteiger partial charge in [-0.05, 0) is 81.7 Å². The highest BCUT2D eigenvalue weighted by molar-refractivity contribution is 8.18. The van der Waals surface area contributed by atoms with Gasteiger partial charge in [0.15, 0.2) is 0 Å². The van der Waals surface area contributed by atoms with Crippen molar-refractivity contribution in [2.75, 3.05) is 6.61 Å². The van der Waals surface area contributed by atoms with Gasteiger partial charge in [0.05, 0.1) is 11.5 Å². The number of hydrogen-bond acceptors (Lipinski definition) is 5. The molecule has 2 aromatic carbocycles. The summed E-state index contributed by atoms with van der Waals surface area (Å²) in [5.41, 5.74) is 6.56. The third-order valence-corrected chi connectivity index (χ3v) is 7.25. The van der Waals surface area contributed by atoms with E-state index in [2.05, 4.69) is 40.7 Å². The van der Waals surface area contributed by atoms with Crippen LogP contribution in [0.2, 0.25) is 0 Å². The number of benzene rings is 2. The average Bonchev–Trinajstić information content (AvgIpc) is 3.33. The number of amides is 1. The summed E-state index contributed by atoms with van der Waals surface area (Å²) in [4.78, 5) is 30.2. The minimum Gasteiger partial charge on any atom is -0.506 e. The van der Waals surface area contributed by atoms with Crippen molar-refractivity contribution >= 4 is 34.8 Å². The number of rotatable bonds is 6. The van der Waals surface area contributed by atoms with E-state index >= 15 is 0 Å². The topological polar surface area (TPSA) is 80.9 Å². The first-order valence-electron chi connectivity index (χ1n) is 12.2. The Morgan fingerprint density at radius 1 is 1.03 bits per heavy atom. The van der Waals surface area contributed by atoms with Crippen molar-refractivity contribution in [3.63, 3.8) is 0 Å². The number of aliphatic hydroxyl groups excluding tert-OH is 1. The lowest BCUT2D eigenvalue weighted by atomic mass is 10.1. The summed E-state index contributed by atoms with van der Waals surface area (Å²) in [6, 6.07) is 17.5. The SMILES string of the molecule is CCOC(=O)C1=C(O)/C(=C/c2cc(C)n(-c3ccc(CC)cc3)c2C)SC1=NC(=O)c1ccc(C)cc1. The fourth-order valence-corrected chi connectivity index (χ4v) is 5.20. The largest absolute Gasteiger partial charge is 0.506 e. The predicted octanol–water partition coefficient (Wildman–Crippen LogP) is 6.67. The van der Waals surface area contributed by atoms with Gasteiger partial charge in [0.25, 0.3) is 5.91 Å². The van der Waals surface area contributed by atoms with Crippen LogP contribution < -0.4 is 0 Å². The van der Waals surface area contributed by atoms with Crippen LogP contribution in [0.3, 0.4) is 0 Å². The van der Waals surface area contributed by atoms with Gasteiger partial charge in [-0.15, -0.1) is 0 Å². The number of aliphatic imine (C=N–C) groups is 1. The number of carbonyl (C=O) groups excluding carboxylic acids is 2. The van der Waals surface area contributed by atoms with Crippen LogP contribution >= 0.6 is 11.8 Å². The van der Waals surface area contributed by atoms with Crippen molar-refractivity contribution in [2.24, 2.45) is 4.99 Å². The predicted molar refractivity (Wildman–Crippen MR) is 149 cm³/mol. The Bertz CT molecular complexity index is 1440. The van der Waals surface area contributed by atoms with E-state index in [9.17, 15) is 14.7 Å². The molecule has 7 heteroatoms. The highest BCUT2D eigenvalue weighted by atomic mass is 32.2. The lowest BCUT2D eigenvalue weighted by molar-refractivity contribution is -0.138. The third-order valence-electron chi connectivity index (χ3n) is 6.23. The number of hydrogen-bond donors (Lipinski definition) is 1. The number of aromatic nitrogens is 1. The maximum Gasteiger partial charge on any atom is 0.344 e. The molecule has 1 N–H and O–H groups in total. The van der Waals surface area contributed by atoms with Crippen molar-refractivity contribution in [3.05, 3.63) is 104 Å². The molecule has 0 fully saturated rings. The third kappa shape index (κ3) is 5.47. The van der Waals surface area contributed by atoms with Gasteiger partial charge >= 0.3 is 5.97 Å². The van der Waals surface area contributed by atoms with E-state index in [0.29, 0.717) is 10.5 Å². The molecule has 0 saturated carbocycles. The first-order valence-corrected chi connectivity index (χ1v) is 13.0. The molecule has 0 aliphatic carbocycles. The second-order valence-electron chi connectivity index (χ2n) is 8.82. The maximum atomic E-state index is 12.8. The molecule has 2 heterocycles. The number of aliphatic hydroxyl groups is 1. The van der Waals surface area contributed by atoms with Crippen LogP contribution in [0.5, 0.6) is 0 Å². The zero-order valence-electron chi connectivity index (χ0n) is 21.7. The molecule has 190 valence electrons. The van der Waals surface area contributed by atoms with Gasteiger partial charge in [-0.3, -0.25) is 4.79 Å². The Labute approximate surface area is 221 Å². The molecule has 0 spiro atoms. The van der Waals surface area contributed by atoms with Crippen LogP contribution in [-0.2, 0) is 16.0 Å². The van der Waals surface area contributed by atoms with Gasteiger partial charge in [-0.2, -0.15) is 0 Å². The number of ether oxygens (including phenoxy) is 1. The van der Waals surface area contributed by atoms with Crippen molar-refractivity contribution < 1.29 is 19.4 Å². The molecule has 4 rings (SSSR count). The van der Waals surface area contributed by atoms with Crippen molar-refractivity contribution in [1.82, 2.24) is 4.57 Å². The average molecular weight is 515 g/mol. The highest BCUT2D eigenvalue weighted by Gasteiger charge is 2.34. The smallest absolute Gasteiger partial charge is 0.344 e. The molecule has 1 aliphatic heterocycles. The van der Waals surface area contributed by atoms with E-state index in [0.717, 1.165) is 46.4 Å². The van der Waals surface area contributed by atoms with Crippen molar-refractivity contribution in [2.45, 2.75) is 41.0 Å². The molecule has 3 aromatic rings. The van der Waals surface area contributed by atoms with Gasteiger partial charge in [0, 0.05) is 22.6 Å². The molecular weight excluding hydrogens is 484 g/mol. The monoisotopic (exact) mass is 514 g/mol. The second kappa shape index (κ2) is 11.0. The summed E-state index contributed by atoms with van der Waals surface area (Å²) in [7, 11) is 0. The van der Waals surface area contributed by atoms with Crippen LogP contribution in [0.4, 0.5) is 0 Å². The molecule has 1 aromatic heterocycles. The lowest BCUT2D eigenvalue weighted by Gasteiger charge is -2.10. The number of aryl methyl sites for hydroxylation is 3. The Morgan fingerprint density at radius 2 is 1.70 bits per heavy atom. The number of nitrogens with zero attached hydrogens (tertiary/aromatic N) is 2. The Kier molecular flexibility index (Phi) is 7.83. The standard InChI is InChI=1S/C30H30N2O4S/c1-6-21-10-14-24(15-11-21)32-19(4)16-23(20(32)5)17-25-27(33)26(30(35)36-7-2)29(37-25)31-28(34)22-12-8-18(3)9-13-22/h8-17,33H,6-7H2,1-5H3/b25-17-,31-29?. The Hall–Kier alpha value is -3.84. The second-order valence-corrected chi connectivity index (χ2v) is 9.86. The van der Waals surface area contributed by atoms with E-state index in [1.165, 1.54) is 5.56 Å². The van der Waals surface area contributed by atoms with Crippen LogP contribution in [-0.4, -0.2) is 33.2 Å². The minimum atomic E-state index is -0.715. The molecule has 0 bridgehead atoms. The summed E-state index contributed by atoms with van der Waals surface area (Å²) < 4.78 is 7.31. The maximum absolute atomic E-state index is 12.8. The molecule has 0 atom stereocenters. The van der Waals surface area contributed by atoms with Crippen molar-refractivity contribution in [1.29, 1.82) is 0 Å². The normalized spacial score (nSPS) is 15.6. The van der Waals surface area contributed by atoms with Gasteiger partial charge in [0.2, 0.25) is 0 Å². The molecule has 0 unspecified atom stereocenters. The Balaban J connectivity index is 1.73. The van der Waals surface area contributed by atoms with Crippen molar-refractivity contribution in [3.8, 4) is 5.69 Å². The summed E-state index contributed by atoms with van der Waals surface area (Å²) >= 11 is 1.08. The Morgan fingerprint density at radius 3 is 2.32 bits per heavy atom. The first kappa shape index (κ1) is 26.2. The number of thioether (sulfide) groups is 1. The fraction of sp³-hybridized carbons (Fsp3) is 0.233. The zero-order chi connectivity index (χ0) is 26.7. The molecule has 6 nitrogen and oxygen atoms in total. The molecular formula is C30H30N2O4S. The van der Waals surface area contributed by atoms with Crippen LogP contribution in [0.1, 0.15) is 52.3 Å². The molecule has 37 heavy (non-hydrogen) atoms. The van der Waals surface area contributed by atoms with E-state index in [1.54, 1.807) is 19.1 Å². The molecule has 1 amide bonds. The van der Waals surface area contributed by atoms with Gasteiger partial charge in [0.1, 0.15) is 16.4 Å². The highest BCUT2D eigenvalue weighted by Crippen LogP contribution is 2.40.